The zero-order chi connectivity index (χ0) is 12.7. The lowest BCUT2D eigenvalue weighted by Crippen LogP contribution is -2.48. The molecule has 0 spiro atoms. The van der Waals surface area contributed by atoms with Crippen LogP contribution in [0.2, 0.25) is 0 Å². The van der Waals surface area contributed by atoms with E-state index in [0.29, 0.717) is 0 Å². The van der Waals surface area contributed by atoms with E-state index in [1.165, 1.54) is 32.4 Å². The Hall–Kier alpha value is -0.120. The second-order valence-corrected chi connectivity index (χ2v) is 5.69. The summed E-state index contributed by atoms with van der Waals surface area (Å²) >= 11 is 0. The third-order valence-electron chi connectivity index (χ3n) is 4.22. The minimum Gasteiger partial charge on any atom is -0.394 e. The first-order chi connectivity index (χ1) is 8.13. The summed E-state index contributed by atoms with van der Waals surface area (Å²) in [5, 5.41) is 12.8. The number of nitrogens with one attached hydrogen (secondary N) is 1. The fraction of sp³-hybridized carbons (Fsp3) is 1.00. The number of nitrogens with zero attached hydrogens (tertiary/aromatic N) is 1. The molecule has 0 saturated carbocycles. The van der Waals surface area contributed by atoms with Gasteiger partial charge >= 0.3 is 0 Å². The maximum atomic E-state index is 9.44. The maximum Gasteiger partial charge on any atom is 0.0611 e. The molecule has 2 N–H and O–H groups in total. The average Bonchev–Trinajstić information content (AvgIpc) is 2.37. The Morgan fingerprint density at radius 3 is 2.41 bits per heavy atom. The van der Waals surface area contributed by atoms with Crippen LogP contribution in [0.4, 0.5) is 0 Å². The highest BCUT2D eigenvalue weighted by Crippen LogP contribution is 2.21. The standard InChI is InChI=1S/C14H30N2O/c1-4-13-6-9-16(10-7-13)11-8-14(3,12-17)15-5-2/h13,15,17H,4-12H2,1-3H3. The Kier molecular flexibility index (Phi) is 6.45. The average molecular weight is 242 g/mol. The smallest absolute Gasteiger partial charge is 0.0611 e. The predicted octanol–water partition coefficient (Wildman–Crippen LogP) is 1.86. The first kappa shape index (κ1) is 14.9. The summed E-state index contributed by atoms with van der Waals surface area (Å²) in [4.78, 5) is 2.55. The molecule has 17 heavy (non-hydrogen) atoms. The summed E-state index contributed by atoms with van der Waals surface area (Å²) in [5.41, 5.74) is -0.101. The van der Waals surface area contributed by atoms with Crippen LogP contribution in [-0.2, 0) is 0 Å². The van der Waals surface area contributed by atoms with Gasteiger partial charge in [0.1, 0.15) is 0 Å². The lowest BCUT2D eigenvalue weighted by Gasteiger charge is -2.35. The minimum atomic E-state index is -0.101. The number of aliphatic hydroxyl groups excluding tert-OH is 1. The number of piperidine rings is 1. The minimum absolute atomic E-state index is 0.101. The van der Waals surface area contributed by atoms with Gasteiger partial charge in [0.05, 0.1) is 6.61 Å². The first-order valence-corrected chi connectivity index (χ1v) is 7.21. The molecular weight excluding hydrogens is 212 g/mol. The molecule has 0 aromatic carbocycles. The van der Waals surface area contributed by atoms with Crippen molar-refractivity contribution in [2.45, 2.75) is 52.0 Å². The summed E-state index contributed by atoms with van der Waals surface area (Å²) in [5.74, 6) is 0.948. The van der Waals surface area contributed by atoms with E-state index in [2.05, 4.69) is 31.0 Å². The van der Waals surface area contributed by atoms with E-state index in [-0.39, 0.29) is 12.1 Å². The van der Waals surface area contributed by atoms with Gasteiger partial charge in [-0.05, 0) is 58.3 Å². The number of hydrogen-bond donors (Lipinski definition) is 2. The largest absolute Gasteiger partial charge is 0.394 e. The second-order valence-electron chi connectivity index (χ2n) is 5.69. The molecule has 0 radical (unpaired) electrons. The van der Waals surface area contributed by atoms with Gasteiger partial charge in [-0.3, -0.25) is 0 Å². The Morgan fingerprint density at radius 1 is 1.29 bits per heavy atom. The summed E-state index contributed by atoms with van der Waals surface area (Å²) < 4.78 is 0. The monoisotopic (exact) mass is 242 g/mol. The van der Waals surface area contributed by atoms with Crippen LogP contribution in [0.3, 0.4) is 0 Å². The molecule has 1 rings (SSSR count). The topological polar surface area (TPSA) is 35.5 Å². The SMILES string of the molecule is CCNC(C)(CO)CCN1CCC(CC)CC1. The normalized spacial score (nSPS) is 22.6. The van der Waals surface area contributed by atoms with E-state index >= 15 is 0 Å². The zero-order valence-corrected chi connectivity index (χ0v) is 11.8. The number of likely N-dealkylation sites (tertiary alicyclic amines) is 1. The van der Waals surface area contributed by atoms with Crippen molar-refractivity contribution in [3.63, 3.8) is 0 Å². The molecule has 0 aromatic rings. The van der Waals surface area contributed by atoms with Gasteiger partial charge in [-0.25, -0.2) is 0 Å². The van der Waals surface area contributed by atoms with Gasteiger partial charge in [0.15, 0.2) is 0 Å². The molecule has 3 nitrogen and oxygen atoms in total. The van der Waals surface area contributed by atoms with Gasteiger partial charge in [0, 0.05) is 5.54 Å². The zero-order valence-electron chi connectivity index (χ0n) is 11.8. The summed E-state index contributed by atoms with van der Waals surface area (Å²) in [6, 6.07) is 0. The third-order valence-corrected chi connectivity index (χ3v) is 4.22. The molecule has 1 fully saturated rings. The highest BCUT2D eigenvalue weighted by Gasteiger charge is 2.24. The van der Waals surface area contributed by atoms with Crippen LogP contribution < -0.4 is 5.32 Å². The lowest BCUT2D eigenvalue weighted by atomic mass is 9.93. The Balaban J connectivity index is 2.26. The number of likely N-dealkylation sites (N-methyl/N-ethyl adjacent to an activating group) is 1. The van der Waals surface area contributed by atoms with Crippen LogP contribution in [0.15, 0.2) is 0 Å². The fourth-order valence-corrected chi connectivity index (χ4v) is 2.67. The molecule has 1 aliphatic rings. The highest BCUT2D eigenvalue weighted by atomic mass is 16.3. The van der Waals surface area contributed by atoms with Crippen LogP contribution in [0, 0.1) is 5.92 Å². The van der Waals surface area contributed by atoms with Gasteiger partial charge in [-0.2, -0.15) is 0 Å². The maximum absolute atomic E-state index is 9.44. The van der Waals surface area contributed by atoms with Crippen molar-refractivity contribution in [2.75, 3.05) is 32.8 Å². The van der Waals surface area contributed by atoms with Gasteiger partial charge in [-0.1, -0.05) is 20.3 Å². The molecule has 1 saturated heterocycles. The Morgan fingerprint density at radius 2 is 1.94 bits per heavy atom. The molecule has 1 heterocycles. The van der Waals surface area contributed by atoms with E-state index in [0.717, 1.165) is 25.4 Å². The summed E-state index contributed by atoms with van der Waals surface area (Å²) in [7, 11) is 0. The molecule has 0 aromatic heterocycles. The summed E-state index contributed by atoms with van der Waals surface area (Å²) in [6.07, 6.45) is 5.08. The van der Waals surface area contributed by atoms with Crippen LogP contribution in [0.5, 0.6) is 0 Å². The fourth-order valence-electron chi connectivity index (χ4n) is 2.67. The van der Waals surface area contributed by atoms with Crippen molar-refractivity contribution < 1.29 is 5.11 Å². The number of rotatable bonds is 7. The van der Waals surface area contributed by atoms with Gasteiger partial charge in [0.25, 0.3) is 0 Å². The number of aliphatic hydroxyl groups is 1. The van der Waals surface area contributed by atoms with Crippen LogP contribution in [0.25, 0.3) is 0 Å². The van der Waals surface area contributed by atoms with E-state index in [1.54, 1.807) is 0 Å². The van der Waals surface area contributed by atoms with Crippen molar-refractivity contribution in [3.8, 4) is 0 Å². The molecular formula is C14H30N2O. The molecule has 0 aliphatic carbocycles. The number of hydrogen-bond acceptors (Lipinski definition) is 3. The molecule has 1 aliphatic heterocycles. The van der Waals surface area contributed by atoms with Crippen molar-refractivity contribution in [1.29, 1.82) is 0 Å². The molecule has 102 valence electrons. The van der Waals surface area contributed by atoms with Crippen molar-refractivity contribution in [2.24, 2.45) is 5.92 Å². The summed E-state index contributed by atoms with van der Waals surface area (Å²) in [6.45, 7) is 11.3. The molecule has 1 atom stereocenters. The van der Waals surface area contributed by atoms with Crippen LogP contribution in [0.1, 0.15) is 46.5 Å². The van der Waals surface area contributed by atoms with Gasteiger partial charge in [0.2, 0.25) is 0 Å². The molecule has 3 heteroatoms. The molecule has 0 amide bonds. The lowest BCUT2D eigenvalue weighted by molar-refractivity contribution is 0.128. The van der Waals surface area contributed by atoms with Gasteiger partial charge in [-0.15, -0.1) is 0 Å². The van der Waals surface area contributed by atoms with E-state index < -0.39 is 0 Å². The van der Waals surface area contributed by atoms with Crippen LogP contribution >= 0.6 is 0 Å². The quantitative estimate of drug-likeness (QED) is 0.715. The first-order valence-electron chi connectivity index (χ1n) is 7.21. The molecule has 1 unspecified atom stereocenters. The van der Waals surface area contributed by atoms with E-state index in [9.17, 15) is 5.11 Å². The van der Waals surface area contributed by atoms with Crippen molar-refractivity contribution in [1.82, 2.24) is 10.2 Å². The highest BCUT2D eigenvalue weighted by molar-refractivity contribution is 4.84. The Bertz CT molecular complexity index is 202. The van der Waals surface area contributed by atoms with Crippen LogP contribution in [-0.4, -0.2) is 48.3 Å². The van der Waals surface area contributed by atoms with Gasteiger partial charge < -0.3 is 15.3 Å². The second kappa shape index (κ2) is 7.34. The third kappa shape index (κ3) is 4.94. The predicted molar refractivity (Wildman–Crippen MR) is 73.2 cm³/mol. The Labute approximate surface area is 107 Å². The van der Waals surface area contributed by atoms with Crippen molar-refractivity contribution in [3.05, 3.63) is 0 Å². The van der Waals surface area contributed by atoms with E-state index in [1.807, 2.05) is 0 Å². The van der Waals surface area contributed by atoms with Crippen molar-refractivity contribution >= 4 is 0 Å². The molecule has 0 bridgehead atoms. The van der Waals surface area contributed by atoms with E-state index in [4.69, 9.17) is 0 Å².